The summed E-state index contributed by atoms with van der Waals surface area (Å²) in [4.78, 5) is 1.31. The van der Waals surface area contributed by atoms with Gasteiger partial charge in [0.15, 0.2) is 0 Å². The van der Waals surface area contributed by atoms with Crippen molar-refractivity contribution in [3.8, 4) is 5.75 Å². The molecular formula is C13H14BrNOS. The Morgan fingerprint density at radius 2 is 1.94 bits per heavy atom. The van der Waals surface area contributed by atoms with Crippen molar-refractivity contribution in [3.05, 3.63) is 50.6 Å². The van der Waals surface area contributed by atoms with Gasteiger partial charge in [-0.1, -0.05) is 12.1 Å². The lowest BCUT2D eigenvalue weighted by molar-refractivity contribution is 0.475. The van der Waals surface area contributed by atoms with E-state index in [1.54, 1.807) is 23.5 Å². The van der Waals surface area contributed by atoms with Crippen molar-refractivity contribution in [2.75, 3.05) is 7.05 Å². The highest BCUT2D eigenvalue weighted by Crippen LogP contribution is 2.29. The van der Waals surface area contributed by atoms with E-state index in [0.29, 0.717) is 11.8 Å². The summed E-state index contributed by atoms with van der Waals surface area (Å²) in [6, 6.07) is 11.9. The van der Waals surface area contributed by atoms with Crippen molar-refractivity contribution >= 4 is 27.3 Å². The largest absolute Gasteiger partial charge is 0.508 e. The number of likely N-dealkylation sites (N-methyl/N-ethyl adjacent to an activating group) is 1. The normalized spacial score (nSPS) is 12.6. The van der Waals surface area contributed by atoms with Crippen molar-refractivity contribution in [2.45, 2.75) is 12.5 Å². The molecule has 17 heavy (non-hydrogen) atoms. The lowest BCUT2D eigenvalue weighted by Gasteiger charge is -2.14. The molecule has 0 aliphatic carbocycles. The van der Waals surface area contributed by atoms with Crippen molar-refractivity contribution < 1.29 is 5.11 Å². The molecule has 1 atom stereocenters. The van der Waals surface area contributed by atoms with Crippen LogP contribution in [0.25, 0.3) is 0 Å². The van der Waals surface area contributed by atoms with Crippen LogP contribution < -0.4 is 5.32 Å². The molecule has 0 amide bonds. The molecule has 1 aromatic heterocycles. The molecule has 4 heteroatoms. The summed E-state index contributed by atoms with van der Waals surface area (Å²) >= 11 is 5.23. The first kappa shape index (κ1) is 12.6. The summed E-state index contributed by atoms with van der Waals surface area (Å²) in [7, 11) is 1.97. The molecule has 1 unspecified atom stereocenters. The fourth-order valence-corrected chi connectivity index (χ4v) is 3.26. The van der Waals surface area contributed by atoms with Crippen LogP contribution in [0.1, 0.15) is 16.5 Å². The van der Waals surface area contributed by atoms with E-state index < -0.39 is 0 Å². The van der Waals surface area contributed by atoms with E-state index >= 15 is 0 Å². The second kappa shape index (κ2) is 5.67. The maximum atomic E-state index is 9.25. The van der Waals surface area contributed by atoms with Gasteiger partial charge in [-0.25, -0.2) is 0 Å². The highest BCUT2D eigenvalue weighted by Gasteiger charge is 2.12. The quantitative estimate of drug-likeness (QED) is 0.902. The molecule has 0 saturated carbocycles. The van der Waals surface area contributed by atoms with E-state index in [1.165, 1.54) is 10.4 Å². The van der Waals surface area contributed by atoms with Gasteiger partial charge in [0.2, 0.25) is 0 Å². The third-order valence-corrected chi connectivity index (χ3v) is 4.40. The van der Waals surface area contributed by atoms with Gasteiger partial charge in [-0.05, 0) is 59.2 Å². The van der Waals surface area contributed by atoms with Gasteiger partial charge in [-0.2, -0.15) is 0 Å². The molecule has 0 spiro atoms. The van der Waals surface area contributed by atoms with Gasteiger partial charge in [-0.15, -0.1) is 11.3 Å². The van der Waals surface area contributed by atoms with E-state index in [4.69, 9.17) is 0 Å². The zero-order valence-electron chi connectivity index (χ0n) is 9.48. The Hall–Kier alpha value is -0.840. The smallest absolute Gasteiger partial charge is 0.115 e. The number of hydrogen-bond donors (Lipinski definition) is 2. The van der Waals surface area contributed by atoms with Crippen LogP contribution in [0.2, 0.25) is 0 Å². The van der Waals surface area contributed by atoms with E-state index in [1.807, 2.05) is 19.2 Å². The molecule has 0 aliphatic heterocycles. The average Bonchev–Trinajstić information content (AvgIpc) is 2.75. The number of nitrogens with one attached hydrogen (secondary N) is 1. The number of benzene rings is 1. The first-order valence-corrected chi connectivity index (χ1v) is 7.00. The van der Waals surface area contributed by atoms with Crippen LogP contribution in [-0.2, 0) is 6.42 Å². The van der Waals surface area contributed by atoms with Gasteiger partial charge < -0.3 is 10.4 Å². The zero-order chi connectivity index (χ0) is 12.3. The molecule has 2 rings (SSSR count). The molecule has 0 saturated heterocycles. The molecule has 0 bridgehead atoms. The summed E-state index contributed by atoms with van der Waals surface area (Å²) in [6.07, 6.45) is 0.920. The zero-order valence-corrected chi connectivity index (χ0v) is 11.9. The van der Waals surface area contributed by atoms with Crippen LogP contribution in [-0.4, -0.2) is 12.2 Å². The van der Waals surface area contributed by atoms with Crippen LogP contribution in [0.4, 0.5) is 0 Å². The van der Waals surface area contributed by atoms with Crippen molar-refractivity contribution in [1.29, 1.82) is 0 Å². The highest BCUT2D eigenvalue weighted by molar-refractivity contribution is 9.11. The fraction of sp³-hybridized carbons (Fsp3) is 0.231. The molecule has 0 radical (unpaired) electrons. The first-order chi connectivity index (χ1) is 8.19. The Labute approximate surface area is 113 Å². The average molecular weight is 312 g/mol. The van der Waals surface area contributed by atoms with Crippen LogP contribution in [0.3, 0.4) is 0 Å². The van der Waals surface area contributed by atoms with E-state index in [2.05, 4.69) is 33.4 Å². The molecule has 2 N–H and O–H groups in total. The summed E-state index contributed by atoms with van der Waals surface area (Å²) in [6.45, 7) is 0. The molecular weight excluding hydrogens is 298 g/mol. The summed E-state index contributed by atoms with van der Waals surface area (Å²) in [5.74, 6) is 0.314. The van der Waals surface area contributed by atoms with Crippen molar-refractivity contribution in [3.63, 3.8) is 0 Å². The third kappa shape index (κ3) is 3.31. The van der Waals surface area contributed by atoms with Crippen LogP contribution in [0.5, 0.6) is 5.75 Å². The fourth-order valence-electron chi connectivity index (χ4n) is 1.73. The minimum Gasteiger partial charge on any atom is -0.508 e. The van der Waals surface area contributed by atoms with Crippen molar-refractivity contribution in [1.82, 2.24) is 5.32 Å². The Morgan fingerprint density at radius 3 is 2.47 bits per heavy atom. The van der Waals surface area contributed by atoms with Gasteiger partial charge in [0.25, 0.3) is 0 Å². The van der Waals surface area contributed by atoms with Gasteiger partial charge in [-0.3, -0.25) is 0 Å². The highest BCUT2D eigenvalue weighted by atomic mass is 79.9. The standard InChI is InChI=1S/C13H14BrNOS/c1-15-11(12-6-7-13(14)17-12)8-9-2-4-10(16)5-3-9/h2-7,11,15-16H,8H2,1H3. The van der Waals surface area contributed by atoms with Crippen LogP contribution in [0, 0.1) is 0 Å². The Bertz CT molecular complexity index is 480. The number of phenols is 1. The van der Waals surface area contributed by atoms with Gasteiger partial charge >= 0.3 is 0 Å². The van der Waals surface area contributed by atoms with E-state index in [9.17, 15) is 5.11 Å². The van der Waals surface area contributed by atoms with E-state index in [-0.39, 0.29) is 0 Å². The van der Waals surface area contributed by atoms with Crippen LogP contribution in [0.15, 0.2) is 40.2 Å². The maximum absolute atomic E-state index is 9.25. The summed E-state index contributed by atoms with van der Waals surface area (Å²) in [5, 5.41) is 12.6. The molecule has 2 aromatic rings. The number of rotatable bonds is 4. The molecule has 1 heterocycles. The molecule has 0 aliphatic rings. The van der Waals surface area contributed by atoms with Crippen molar-refractivity contribution in [2.24, 2.45) is 0 Å². The number of hydrogen-bond acceptors (Lipinski definition) is 3. The molecule has 2 nitrogen and oxygen atoms in total. The molecule has 0 fully saturated rings. The molecule has 90 valence electrons. The maximum Gasteiger partial charge on any atom is 0.115 e. The monoisotopic (exact) mass is 311 g/mol. The van der Waals surface area contributed by atoms with Gasteiger partial charge in [0.05, 0.1) is 3.79 Å². The van der Waals surface area contributed by atoms with Gasteiger partial charge in [0, 0.05) is 10.9 Å². The lowest BCUT2D eigenvalue weighted by Crippen LogP contribution is -2.17. The Morgan fingerprint density at radius 1 is 1.24 bits per heavy atom. The topological polar surface area (TPSA) is 32.3 Å². The predicted octanol–water partition coefficient (Wildman–Crippen LogP) is 3.72. The lowest BCUT2D eigenvalue weighted by atomic mass is 10.0. The minimum absolute atomic E-state index is 0.314. The SMILES string of the molecule is CNC(Cc1ccc(O)cc1)c1ccc(Br)s1. The second-order valence-corrected chi connectivity index (χ2v) is 6.35. The third-order valence-electron chi connectivity index (χ3n) is 2.66. The predicted molar refractivity (Wildman–Crippen MR) is 75.6 cm³/mol. The minimum atomic E-state index is 0.314. The number of thiophene rings is 1. The Balaban J connectivity index is 2.12. The number of aromatic hydroxyl groups is 1. The number of phenolic OH excluding ortho intramolecular Hbond substituents is 1. The first-order valence-electron chi connectivity index (χ1n) is 5.39. The second-order valence-electron chi connectivity index (χ2n) is 3.85. The Kier molecular flexibility index (Phi) is 4.20. The van der Waals surface area contributed by atoms with E-state index in [0.717, 1.165) is 10.2 Å². The molecule has 1 aromatic carbocycles. The van der Waals surface area contributed by atoms with Gasteiger partial charge in [0.1, 0.15) is 5.75 Å². The summed E-state index contributed by atoms with van der Waals surface area (Å²) < 4.78 is 1.15. The summed E-state index contributed by atoms with van der Waals surface area (Å²) in [5.41, 5.74) is 1.21. The number of halogens is 1. The van der Waals surface area contributed by atoms with Crippen LogP contribution >= 0.6 is 27.3 Å².